The number of non-ortho nitro benzene ring substituents is 1. The Bertz CT molecular complexity index is 654. The van der Waals surface area contributed by atoms with Crippen LogP contribution in [0, 0.1) is 10.1 Å². The quantitative estimate of drug-likeness (QED) is 0.332. The third-order valence-electron chi connectivity index (χ3n) is 3.35. The van der Waals surface area contributed by atoms with Crippen LogP contribution in [0.5, 0.6) is 0 Å². The summed E-state index contributed by atoms with van der Waals surface area (Å²) in [6, 6.07) is 10.7. The molecule has 0 saturated carbocycles. The molecule has 7 heteroatoms. The summed E-state index contributed by atoms with van der Waals surface area (Å²) < 4.78 is 0. The summed E-state index contributed by atoms with van der Waals surface area (Å²) in [5.74, 6) is 0.770. The molecule has 0 saturated heterocycles. The van der Waals surface area contributed by atoms with Crippen LogP contribution in [0.2, 0.25) is 0 Å². The van der Waals surface area contributed by atoms with E-state index in [9.17, 15) is 10.1 Å². The molecule has 0 aliphatic heterocycles. The van der Waals surface area contributed by atoms with Crippen LogP contribution in [0.3, 0.4) is 0 Å². The number of nitrogens with zero attached hydrogens (tertiary/aromatic N) is 2. The van der Waals surface area contributed by atoms with Gasteiger partial charge in [0.15, 0.2) is 5.96 Å². The smallest absolute Gasteiger partial charge is 0.269 e. The first-order chi connectivity index (χ1) is 11.7. The largest absolute Gasteiger partial charge is 0.356 e. The number of guanidine groups is 1. The zero-order valence-electron chi connectivity index (χ0n) is 13.7. The fourth-order valence-electron chi connectivity index (χ4n) is 2.07. The van der Waals surface area contributed by atoms with Crippen molar-refractivity contribution in [3.05, 3.63) is 62.3 Å². The summed E-state index contributed by atoms with van der Waals surface area (Å²) in [4.78, 5) is 16.2. The molecule has 0 fully saturated rings. The number of aliphatic imine (C=N–C) groups is 1. The van der Waals surface area contributed by atoms with Crippen molar-refractivity contribution in [3.8, 4) is 0 Å². The Morgan fingerprint density at radius 2 is 1.96 bits per heavy atom. The molecule has 24 heavy (non-hydrogen) atoms. The predicted molar refractivity (Wildman–Crippen MR) is 98.6 cm³/mol. The van der Waals surface area contributed by atoms with E-state index in [-0.39, 0.29) is 5.69 Å². The maximum Gasteiger partial charge on any atom is 0.269 e. The lowest BCUT2D eigenvalue weighted by Gasteiger charge is -2.11. The average molecular weight is 346 g/mol. The van der Waals surface area contributed by atoms with Crippen LogP contribution in [0.25, 0.3) is 0 Å². The number of benzene rings is 1. The van der Waals surface area contributed by atoms with Crippen molar-refractivity contribution in [2.75, 3.05) is 13.1 Å². The van der Waals surface area contributed by atoms with Crippen molar-refractivity contribution >= 4 is 23.0 Å². The van der Waals surface area contributed by atoms with Crippen LogP contribution in [-0.2, 0) is 13.0 Å². The van der Waals surface area contributed by atoms with Gasteiger partial charge in [-0.15, -0.1) is 11.3 Å². The van der Waals surface area contributed by atoms with Gasteiger partial charge in [0.2, 0.25) is 0 Å². The molecule has 0 bridgehead atoms. The van der Waals surface area contributed by atoms with E-state index in [1.807, 2.05) is 0 Å². The number of hydrogen-bond acceptors (Lipinski definition) is 4. The summed E-state index contributed by atoms with van der Waals surface area (Å²) >= 11 is 1.75. The highest BCUT2D eigenvalue weighted by Crippen LogP contribution is 2.12. The molecular formula is C17H22N4O2S. The van der Waals surface area contributed by atoms with Gasteiger partial charge in [0, 0.05) is 30.1 Å². The van der Waals surface area contributed by atoms with Gasteiger partial charge in [-0.1, -0.05) is 25.1 Å². The minimum atomic E-state index is -0.395. The SMILES string of the molecule is CCCNC(=NCc1ccc([N+](=O)[O-])cc1)NCCc1cccs1. The summed E-state index contributed by atoms with van der Waals surface area (Å²) in [5, 5.41) is 19.4. The van der Waals surface area contributed by atoms with Crippen molar-refractivity contribution < 1.29 is 4.92 Å². The van der Waals surface area contributed by atoms with E-state index in [1.54, 1.807) is 23.5 Å². The second-order valence-corrected chi connectivity index (χ2v) is 6.30. The van der Waals surface area contributed by atoms with Gasteiger partial charge in [0.05, 0.1) is 11.5 Å². The monoisotopic (exact) mass is 346 g/mol. The lowest BCUT2D eigenvalue weighted by Crippen LogP contribution is -2.38. The predicted octanol–water partition coefficient (Wildman–Crippen LogP) is 3.34. The minimum Gasteiger partial charge on any atom is -0.356 e. The fraction of sp³-hybridized carbons (Fsp3) is 0.353. The van der Waals surface area contributed by atoms with E-state index in [0.717, 1.165) is 37.5 Å². The number of thiophene rings is 1. The molecule has 2 N–H and O–H groups in total. The molecule has 0 unspecified atom stereocenters. The second-order valence-electron chi connectivity index (χ2n) is 5.27. The van der Waals surface area contributed by atoms with Crippen molar-refractivity contribution in [1.82, 2.24) is 10.6 Å². The van der Waals surface area contributed by atoms with E-state index in [1.165, 1.54) is 17.0 Å². The van der Waals surface area contributed by atoms with E-state index >= 15 is 0 Å². The summed E-state index contributed by atoms with van der Waals surface area (Å²) in [6.07, 6.45) is 1.98. The van der Waals surface area contributed by atoms with Crippen LogP contribution in [0.15, 0.2) is 46.8 Å². The lowest BCUT2D eigenvalue weighted by atomic mass is 10.2. The van der Waals surface area contributed by atoms with Crippen LogP contribution in [-0.4, -0.2) is 24.0 Å². The third kappa shape index (κ3) is 6.00. The van der Waals surface area contributed by atoms with Gasteiger partial charge in [0.1, 0.15) is 0 Å². The molecular weight excluding hydrogens is 324 g/mol. The molecule has 2 aromatic rings. The topological polar surface area (TPSA) is 79.6 Å². The van der Waals surface area contributed by atoms with E-state index < -0.39 is 4.92 Å². The van der Waals surface area contributed by atoms with Crippen molar-refractivity contribution in [3.63, 3.8) is 0 Å². The van der Waals surface area contributed by atoms with Crippen LogP contribution in [0.4, 0.5) is 5.69 Å². The molecule has 0 amide bonds. The zero-order chi connectivity index (χ0) is 17.2. The minimum absolute atomic E-state index is 0.0983. The molecule has 1 heterocycles. The van der Waals surface area contributed by atoms with Crippen LogP contribution in [0.1, 0.15) is 23.8 Å². The van der Waals surface area contributed by atoms with Crippen molar-refractivity contribution in [1.29, 1.82) is 0 Å². The summed E-state index contributed by atoms with van der Waals surface area (Å²) in [6.45, 7) is 4.25. The Hall–Kier alpha value is -2.41. The highest BCUT2D eigenvalue weighted by atomic mass is 32.1. The van der Waals surface area contributed by atoms with Gasteiger partial charge in [-0.05, 0) is 29.9 Å². The number of nitrogens with one attached hydrogen (secondary N) is 2. The van der Waals surface area contributed by atoms with Crippen LogP contribution >= 0.6 is 11.3 Å². The maximum absolute atomic E-state index is 10.7. The lowest BCUT2D eigenvalue weighted by molar-refractivity contribution is -0.384. The van der Waals surface area contributed by atoms with E-state index in [0.29, 0.717) is 6.54 Å². The van der Waals surface area contributed by atoms with Gasteiger partial charge in [-0.3, -0.25) is 10.1 Å². The molecule has 1 aromatic heterocycles. The third-order valence-corrected chi connectivity index (χ3v) is 4.29. The highest BCUT2D eigenvalue weighted by Gasteiger charge is 2.04. The number of nitro groups is 1. The zero-order valence-corrected chi connectivity index (χ0v) is 14.5. The van der Waals surface area contributed by atoms with Gasteiger partial charge >= 0.3 is 0 Å². The molecule has 0 radical (unpaired) electrons. The normalized spacial score (nSPS) is 11.3. The first-order valence-electron chi connectivity index (χ1n) is 7.97. The van der Waals surface area contributed by atoms with Crippen LogP contribution < -0.4 is 10.6 Å². The number of hydrogen-bond donors (Lipinski definition) is 2. The molecule has 0 atom stereocenters. The summed E-state index contributed by atoms with van der Waals surface area (Å²) in [7, 11) is 0. The van der Waals surface area contributed by atoms with Gasteiger partial charge in [-0.25, -0.2) is 4.99 Å². The number of nitro benzene ring substituents is 1. The number of rotatable bonds is 8. The molecule has 0 spiro atoms. The first kappa shape index (κ1) is 17.9. The first-order valence-corrected chi connectivity index (χ1v) is 8.85. The molecule has 0 aliphatic rings. The highest BCUT2D eigenvalue weighted by molar-refractivity contribution is 7.09. The Balaban J connectivity index is 1.90. The standard InChI is InChI=1S/C17H22N4O2S/c1-2-10-18-17(19-11-9-16-4-3-12-24-16)20-13-14-5-7-15(8-6-14)21(22)23/h3-8,12H,2,9-11,13H2,1H3,(H2,18,19,20). The Morgan fingerprint density at radius 3 is 2.58 bits per heavy atom. The second kappa shape index (κ2) is 9.67. The molecule has 0 aliphatic carbocycles. The van der Waals surface area contributed by atoms with Crippen molar-refractivity contribution in [2.45, 2.75) is 26.3 Å². The van der Waals surface area contributed by atoms with E-state index in [2.05, 4.69) is 40.1 Å². The fourth-order valence-corrected chi connectivity index (χ4v) is 2.78. The van der Waals surface area contributed by atoms with Gasteiger partial charge < -0.3 is 10.6 Å². The Labute approximate surface area is 145 Å². The molecule has 6 nitrogen and oxygen atoms in total. The Kier molecular flexibility index (Phi) is 7.22. The molecule has 2 rings (SSSR count). The van der Waals surface area contributed by atoms with Gasteiger partial charge in [0.25, 0.3) is 5.69 Å². The average Bonchev–Trinajstić information content (AvgIpc) is 3.10. The molecule has 1 aromatic carbocycles. The van der Waals surface area contributed by atoms with Gasteiger partial charge in [-0.2, -0.15) is 0 Å². The van der Waals surface area contributed by atoms with E-state index in [4.69, 9.17) is 0 Å². The maximum atomic E-state index is 10.7. The summed E-state index contributed by atoms with van der Waals surface area (Å²) in [5.41, 5.74) is 1.04. The Morgan fingerprint density at radius 1 is 1.21 bits per heavy atom. The van der Waals surface area contributed by atoms with Crippen molar-refractivity contribution in [2.24, 2.45) is 4.99 Å². The molecule has 128 valence electrons.